The Morgan fingerprint density at radius 1 is 1.13 bits per heavy atom. The van der Waals surface area contributed by atoms with Gasteiger partial charge in [0.2, 0.25) is 11.8 Å². The number of rotatable bonds is 9. The molecule has 0 bridgehead atoms. The Morgan fingerprint density at radius 3 is 2.30 bits per heavy atom. The van der Waals surface area contributed by atoms with Crippen molar-refractivity contribution < 1.29 is 9.59 Å². The second-order valence-electron chi connectivity index (χ2n) is 5.61. The molecule has 0 saturated carbocycles. The molecule has 0 fully saturated rings. The number of carbonyl (C=O) groups is 2. The summed E-state index contributed by atoms with van der Waals surface area (Å²) in [6.07, 6.45) is 2.69. The third-order valence-electron chi connectivity index (χ3n) is 3.67. The second kappa shape index (κ2) is 10.3. The number of hydrogen-bond donors (Lipinski definition) is 1. The Kier molecular flexibility index (Phi) is 8.70. The number of halogens is 1. The second-order valence-corrected chi connectivity index (χ2v) is 6.05. The van der Waals surface area contributed by atoms with Gasteiger partial charge in [0.25, 0.3) is 0 Å². The highest BCUT2D eigenvalue weighted by Crippen LogP contribution is 2.16. The summed E-state index contributed by atoms with van der Waals surface area (Å²) in [5.41, 5.74) is 0.973. The summed E-state index contributed by atoms with van der Waals surface area (Å²) >= 11 is 5.91. The molecule has 5 heteroatoms. The van der Waals surface area contributed by atoms with Crippen molar-refractivity contribution in [3.63, 3.8) is 0 Å². The average molecular weight is 339 g/mol. The Morgan fingerprint density at radius 2 is 1.78 bits per heavy atom. The van der Waals surface area contributed by atoms with Crippen LogP contribution in [0.1, 0.15) is 52.0 Å². The number of benzene rings is 1. The van der Waals surface area contributed by atoms with E-state index in [9.17, 15) is 9.59 Å². The van der Waals surface area contributed by atoms with Crippen LogP contribution in [0.5, 0.6) is 0 Å². The van der Waals surface area contributed by atoms with Gasteiger partial charge < -0.3 is 10.2 Å². The van der Waals surface area contributed by atoms with Gasteiger partial charge in [0, 0.05) is 24.5 Å². The van der Waals surface area contributed by atoms with Gasteiger partial charge in [-0.3, -0.25) is 9.59 Å². The lowest BCUT2D eigenvalue weighted by molar-refractivity contribution is -0.141. The van der Waals surface area contributed by atoms with E-state index in [-0.39, 0.29) is 11.8 Å². The van der Waals surface area contributed by atoms with Crippen LogP contribution in [0, 0.1) is 0 Å². The van der Waals surface area contributed by atoms with E-state index in [4.69, 9.17) is 11.6 Å². The molecule has 1 unspecified atom stereocenters. The molecule has 0 radical (unpaired) electrons. The number of carbonyl (C=O) groups excluding carboxylic acids is 2. The van der Waals surface area contributed by atoms with Crippen molar-refractivity contribution >= 4 is 23.4 Å². The summed E-state index contributed by atoms with van der Waals surface area (Å²) in [4.78, 5) is 26.6. The maximum absolute atomic E-state index is 12.5. The zero-order valence-electron chi connectivity index (χ0n) is 14.3. The van der Waals surface area contributed by atoms with Gasteiger partial charge >= 0.3 is 0 Å². The summed E-state index contributed by atoms with van der Waals surface area (Å²) in [5, 5.41) is 3.56. The highest BCUT2D eigenvalue weighted by molar-refractivity contribution is 6.30. The molecule has 0 aliphatic rings. The average Bonchev–Trinajstić information content (AvgIpc) is 2.54. The fourth-order valence-electron chi connectivity index (χ4n) is 2.43. The largest absolute Gasteiger partial charge is 0.354 e. The minimum absolute atomic E-state index is 0.0148. The summed E-state index contributed by atoms with van der Waals surface area (Å²) in [7, 11) is 0. The Bertz CT molecular complexity index is 502. The van der Waals surface area contributed by atoms with E-state index in [0.29, 0.717) is 31.0 Å². The standard InChI is InChI=1S/C18H27ClN2O2/c1-4-7-17(22)21(13-14-8-10-15(19)11-9-14)16(6-3)18(23)20-12-5-2/h8-11,16H,4-7,12-13H2,1-3H3,(H,20,23). The molecule has 1 atom stereocenters. The van der Waals surface area contributed by atoms with Crippen LogP contribution in [0.2, 0.25) is 5.02 Å². The van der Waals surface area contributed by atoms with Gasteiger partial charge in [-0.15, -0.1) is 0 Å². The van der Waals surface area contributed by atoms with Gasteiger partial charge in [0.05, 0.1) is 0 Å². The molecule has 1 aromatic rings. The highest BCUT2D eigenvalue weighted by atomic mass is 35.5. The van der Waals surface area contributed by atoms with Crippen molar-refractivity contribution in [3.8, 4) is 0 Å². The first-order valence-corrected chi connectivity index (χ1v) is 8.72. The lowest BCUT2D eigenvalue weighted by Gasteiger charge is -2.30. The number of nitrogens with one attached hydrogen (secondary N) is 1. The predicted molar refractivity (Wildman–Crippen MR) is 94.3 cm³/mol. The highest BCUT2D eigenvalue weighted by Gasteiger charge is 2.27. The first-order chi connectivity index (χ1) is 11.0. The van der Waals surface area contributed by atoms with Crippen LogP contribution in [-0.4, -0.2) is 29.3 Å². The zero-order chi connectivity index (χ0) is 17.2. The van der Waals surface area contributed by atoms with Crippen molar-refractivity contribution in [2.75, 3.05) is 6.54 Å². The van der Waals surface area contributed by atoms with Gasteiger partial charge in [0.15, 0.2) is 0 Å². The van der Waals surface area contributed by atoms with Gasteiger partial charge in [-0.25, -0.2) is 0 Å². The normalized spacial score (nSPS) is 11.8. The van der Waals surface area contributed by atoms with E-state index < -0.39 is 6.04 Å². The smallest absolute Gasteiger partial charge is 0.242 e. The van der Waals surface area contributed by atoms with Crippen LogP contribution in [0.15, 0.2) is 24.3 Å². The van der Waals surface area contributed by atoms with E-state index in [1.807, 2.05) is 32.9 Å². The molecule has 4 nitrogen and oxygen atoms in total. The maximum Gasteiger partial charge on any atom is 0.242 e. The number of hydrogen-bond acceptors (Lipinski definition) is 2. The van der Waals surface area contributed by atoms with Crippen molar-refractivity contribution in [1.82, 2.24) is 10.2 Å². The molecule has 0 aromatic heterocycles. The fourth-order valence-corrected chi connectivity index (χ4v) is 2.56. The van der Waals surface area contributed by atoms with Crippen molar-refractivity contribution in [2.45, 2.75) is 59.0 Å². The summed E-state index contributed by atoms with van der Waals surface area (Å²) < 4.78 is 0. The predicted octanol–water partition coefficient (Wildman–Crippen LogP) is 3.77. The first-order valence-electron chi connectivity index (χ1n) is 8.35. The SMILES string of the molecule is CCCNC(=O)C(CC)N(Cc1ccc(Cl)cc1)C(=O)CCC. The van der Waals surface area contributed by atoms with E-state index in [1.54, 1.807) is 17.0 Å². The van der Waals surface area contributed by atoms with Gasteiger partial charge in [-0.2, -0.15) is 0 Å². The van der Waals surface area contributed by atoms with E-state index in [2.05, 4.69) is 5.32 Å². The Labute approximate surface area is 144 Å². The summed E-state index contributed by atoms with van der Waals surface area (Å²) in [6, 6.07) is 6.96. The molecule has 0 saturated heterocycles. The van der Waals surface area contributed by atoms with E-state index >= 15 is 0 Å². The quantitative estimate of drug-likeness (QED) is 0.745. The molecule has 1 N–H and O–H groups in total. The minimum atomic E-state index is -0.434. The summed E-state index contributed by atoms with van der Waals surface area (Å²) in [6.45, 7) is 6.97. The monoisotopic (exact) mass is 338 g/mol. The summed E-state index contributed by atoms with van der Waals surface area (Å²) in [5.74, 6) is -0.0614. The lowest BCUT2D eigenvalue weighted by Crippen LogP contribution is -2.49. The third kappa shape index (κ3) is 6.22. The van der Waals surface area contributed by atoms with Crippen LogP contribution in [0.3, 0.4) is 0 Å². The van der Waals surface area contributed by atoms with Crippen LogP contribution in [0.4, 0.5) is 0 Å². The van der Waals surface area contributed by atoms with E-state index in [1.165, 1.54) is 0 Å². The fraction of sp³-hybridized carbons (Fsp3) is 0.556. The molecule has 1 aromatic carbocycles. The van der Waals surface area contributed by atoms with E-state index in [0.717, 1.165) is 18.4 Å². The molecule has 0 aliphatic carbocycles. The van der Waals surface area contributed by atoms with Gasteiger partial charge in [-0.05, 0) is 37.0 Å². The molecular formula is C18H27ClN2O2. The maximum atomic E-state index is 12.5. The molecule has 0 heterocycles. The number of nitrogens with zero attached hydrogens (tertiary/aromatic N) is 1. The van der Waals surface area contributed by atoms with Crippen molar-refractivity contribution in [3.05, 3.63) is 34.9 Å². The van der Waals surface area contributed by atoms with Crippen LogP contribution in [0.25, 0.3) is 0 Å². The van der Waals surface area contributed by atoms with Crippen molar-refractivity contribution in [2.24, 2.45) is 0 Å². The van der Waals surface area contributed by atoms with Crippen LogP contribution >= 0.6 is 11.6 Å². The molecule has 0 spiro atoms. The molecule has 128 valence electrons. The van der Waals surface area contributed by atoms with Gasteiger partial charge in [0.1, 0.15) is 6.04 Å². The molecule has 2 amide bonds. The molecule has 23 heavy (non-hydrogen) atoms. The Hall–Kier alpha value is -1.55. The molecule has 0 aliphatic heterocycles. The van der Waals surface area contributed by atoms with Crippen molar-refractivity contribution in [1.29, 1.82) is 0 Å². The zero-order valence-corrected chi connectivity index (χ0v) is 15.0. The van der Waals surface area contributed by atoms with Crippen LogP contribution < -0.4 is 5.32 Å². The minimum Gasteiger partial charge on any atom is -0.354 e. The Balaban J connectivity index is 2.94. The first kappa shape index (κ1) is 19.5. The third-order valence-corrected chi connectivity index (χ3v) is 3.92. The van der Waals surface area contributed by atoms with Crippen LogP contribution in [-0.2, 0) is 16.1 Å². The number of amides is 2. The molecular weight excluding hydrogens is 312 g/mol. The lowest BCUT2D eigenvalue weighted by atomic mass is 10.1. The van der Waals surface area contributed by atoms with Gasteiger partial charge in [-0.1, -0.05) is 44.5 Å². The molecule has 1 rings (SSSR count). The topological polar surface area (TPSA) is 49.4 Å².